The fourth-order valence-corrected chi connectivity index (χ4v) is 2.52. The van der Waals surface area contributed by atoms with Crippen LogP contribution in [0.5, 0.6) is 17.2 Å². The van der Waals surface area contributed by atoms with Crippen LogP contribution in [0, 0.1) is 0 Å². The lowest BCUT2D eigenvalue weighted by Crippen LogP contribution is -2.23. The molecule has 6 nitrogen and oxygen atoms in total. The van der Waals surface area contributed by atoms with Crippen molar-refractivity contribution in [3.8, 4) is 17.2 Å². The van der Waals surface area contributed by atoms with E-state index in [2.05, 4.69) is 5.32 Å². The Balaban J connectivity index is 2.19. The van der Waals surface area contributed by atoms with Crippen molar-refractivity contribution in [1.29, 1.82) is 0 Å². The highest BCUT2D eigenvalue weighted by molar-refractivity contribution is 5.95. The van der Waals surface area contributed by atoms with Crippen molar-refractivity contribution < 1.29 is 23.7 Å². The lowest BCUT2D eigenvalue weighted by Gasteiger charge is -2.14. The Morgan fingerprint density at radius 1 is 0.920 bits per heavy atom. The lowest BCUT2D eigenvalue weighted by atomic mass is 10.1. The monoisotopic (exact) mass is 345 g/mol. The predicted octanol–water partition coefficient (Wildman–Crippen LogP) is 2.79. The first kappa shape index (κ1) is 18.6. The van der Waals surface area contributed by atoms with Crippen molar-refractivity contribution in [1.82, 2.24) is 5.32 Å². The summed E-state index contributed by atoms with van der Waals surface area (Å²) in [4.78, 5) is 12.5. The third-order valence-electron chi connectivity index (χ3n) is 3.78. The topological polar surface area (TPSA) is 66.0 Å². The van der Waals surface area contributed by atoms with Crippen molar-refractivity contribution >= 4 is 5.91 Å². The minimum absolute atomic E-state index is 0.230. The summed E-state index contributed by atoms with van der Waals surface area (Å²) in [5.41, 5.74) is 2.47. The second kappa shape index (κ2) is 8.94. The minimum atomic E-state index is -0.230. The molecule has 0 bridgehead atoms. The highest BCUT2D eigenvalue weighted by atomic mass is 16.5. The van der Waals surface area contributed by atoms with Gasteiger partial charge in [0, 0.05) is 19.2 Å². The van der Waals surface area contributed by atoms with Crippen molar-refractivity contribution in [2.45, 2.75) is 13.2 Å². The van der Waals surface area contributed by atoms with Crippen LogP contribution in [0.15, 0.2) is 36.4 Å². The number of nitrogens with one attached hydrogen (secondary N) is 1. The quantitative estimate of drug-likeness (QED) is 0.797. The second-order valence-electron chi connectivity index (χ2n) is 5.30. The molecule has 2 aromatic carbocycles. The number of hydrogen-bond acceptors (Lipinski definition) is 5. The highest BCUT2D eigenvalue weighted by Crippen LogP contribution is 2.38. The van der Waals surface area contributed by atoms with Gasteiger partial charge in [-0.15, -0.1) is 0 Å². The van der Waals surface area contributed by atoms with Gasteiger partial charge < -0.3 is 24.3 Å². The minimum Gasteiger partial charge on any atom is -0.493 e. The Labute approximate surface area is 147 Å². The second-order valence-corrected chi connectivity index (χ2v) is 5.30. The van der Waals surface area contributed by atoms with E-state index in [4.69, 9.17) is 18.9 Å². The molecule has 2 rings (SSSR count). The summed E-state index contributed by atoms with van der Waals surface area (Å²) < 4.78 is 21.0. The van der Waals surface area contributed by atoms with E-state index in [0.717, 1.165) is 11.1 Å². The maximum absolute atomic E-state index is 12.5. The Hall–Kier alpha value is -2.73. The first-order chi connectivity index (χ1) is 12.1. The number of methoxy groups -OCH3 is 4. The van der Waals surface area contributed by atoms with Crippen molar-refractivity contribution in [3.05, 3.63) is 53.1 Å². The summed E-state index contributed by atoms with van der Waals surface area (Å²) in [5.74, 6) is 1.09. The van der Waals surface area contributed by atoms with Gasteiger partial charge in [-0.2, -0.15) is 0 Å². The fourth-order valence-electron chi connectivity index (χ4n) is 2.52. The molecule has 0 aromatic heterocycles. The number of amides is 1. The summed E-state index contributed by atoms with van der Waals surface area (Å²) in [6, 6.07) is 11.1. The van der Waals surface area contributed by atoms with Gasteiger partial charge in [0.1, 0.15) is 0 Å². The van der Waals surface area contributed by atoms with E-state index in [9.17, 15) is 4.79 Å². The molecule has 1 amide bonds. The number of benzene rings is 2. The third kappa shape index (κ3) is 4.42. The van der Waals surface area contributed by atoms with Crippen LogP contribution in [0.25, 0.3) is 0 Å². The van der Waals surface area contributed by atoms with Gasteiger partial charge in [0.15, 0.2) is 11.5 Å². The number of carbonyl (C=O) groups is 1. The van der Waals surface area contributed by atoms with Crippen LogP contribution in [0.1, 0.15) is 21.5 Å². The van der Waals surface area contributed by atoms with Gasteiger partial charge in [0.05, 0.1) is 27.9 Å². The summed E-state index contributed by atoms with van der Waals surface area (Å²) in [6.07, 6.45) is 0. The first-order valence-electron chi connectivity index (χ1n) is 7.78. The summed E-state index contributed by atoms with van der Waals surface area (Å²) >= 11 is 0. The first-order valence-corrected chi connectivity index (χ1v) is 7.78. The van der Waals surface area contributed by atoms with Gasteiger partial charge in [0.2, 0.25) is 5.75 Å². The number of ether oxygens (including phenoxy) is 4. The third-order valence-corrected chi connectivity index (χ3v) is 3.78. The van der Waals surface area contributed by atoms with Gasteiger partial charge in [-0.05, 0) is 23.3 Å². The predicted molar refractivity (Wildman–Crippen MR) is 94.4 cm³/mol. The average Bonchev–Trinajstić information content (AvgIpc) is 2.65. The van der Waals surface area contributed by atoms with E-state index in [1.54, 1.807) is 19.2 Å². The van der Waals surface area contributed by atoms with Crippen LogP contribution in [-0.2, 0) is 17.9 Å². The van der Waals surface area contributed by atoms with Gasteiger partial charge >= 0.3 is 0 Å². The molecule has 0 spiro atoms. The van der Waals surface area contributed by atoms with Crippen LogP contribution >= 0.6 is 0 Å². The molecule has 0 radical (unpaired) electrons. The zero-order valence-corrected chi connectivity index (χ0v) is 14.9. The van der Waals surface area contributed by atoms with Gasteiger partial charge in [0.25, 0.3) is 5.91 Å². The Morgan fingerprint density at radius 2 is 1.52 bits per heavy atom. The zero-order chi connectivity index (χ0) is 18.2. The SMILES string of the molecule is COCc1ccccc1CNC(=O)c1cc(OC)c(OC)c(OC)c1. The van der Waals surface area contributed by atoms with Gasteiger partial charge in [-0.3, -0.25) is 4.79 Å². The molecule has 0 fully saturated rings. The molecule has 2 aromatic rings. The number of carbonyl (C=O) groups excluding carboxylic acids is 1. The molecule has 0 aliphatic rings. The molecule has 0 atom stereocenters. The molecule has 0 saturated heterocycles. The van der Waals surface area contributed by atoms with Crippen molar-refractivity contribution in [2.75, 3.05) is 28.4 Å². The molecular formula is C19H23NO5. The smallest absolute Gasteiger partial charge is 0.251 e. The summed E-state index contributed by atoms with van der Waals surface area (Å²) in [6.45, 7) is 0.894. The molecule has 0 aliphatic carbocycles. The van der Waals surface area contributed by atoms with Crippen LogP contribution in [0.2, 0.25) is 0 Å². The van der Waals surface area contributed by atoms with Crippen molar-refractivity contribution in [2.24, 2.45) is 0 Å². The van der Waals surface area contributed by atoms with Crippen LogP contribution in [0.3, 0.4) is 0 Å². The fraction of sp³-hybridized carbons (Fsp3) is 0.316. The summed E-state index contributed by atoms with van der Waals surface area (Å²) in [7, 11) is 6.19. The number of rotatable bonds is 8. The zero-order valence-electron chi connectivity index (χ0n) is 14.9. The molecule has 0 unspecified atom stereocenters. The normalized spacial score (nSPS) is 10.2. The standard InChI is InChI=1S/C19H23NO5/c1-22-12-14-8-6-5-7-13(14)11-20-19(21)15-9-16(23-2)18(25-4)17(10-15)24-3/h5-10H,11-12H2,1-4H3,(H,20,21). The molecule has 25 heavy (non-hydrogen) atoms. The largest absolute Gasteiger partial charge is 0.493 e. The van der Waals surface area contributed by atoms with Gasteiger partial charge in [-0.1, -0.05) is 24.3 Å². The average molecular weight is 345 g/mol. The highest BCUT2D eigenvalue weighted by Gasteiger charge is 2.17. The Morgan fingerprint density at radius 3 is 2.04 bits per heavy atom. The molecule has 0 saturated carbocycles. The molecule has 6 heteroatoms. The van der Waals surface area contributed by atoms with E-state index >= 15 is 0 Å². The molecular weight excluding hydrogens is 322 g/mol. The van der Waals surface area contributed by atoms with Gasteiger partial charge in [-0.25, -0.2) is 0 Å². The lowest BCUT2D eigenvalue weighted by molar-refractivity contribution is 0.0949. The van der Waals surface area contributed by atoms with Crippen LogP contribution < -0.4 is 19.5 Å². The van der Waals surface area contributed by atoms with Crippen molar-refractivity contribution in [3.63, 3.8) is 0 Å². The maximum Gasteiger partial charge on any atom is 0.251 e. The Kier molecular flexibility index (Phi) is 6.65. The molecule has 0 aliphatic heterocycles. The van der Waals surface area contributed by atoms with E-state index in [1.165, 1.54) is 21.3 Å². The van der Waals surface area contributed by atoms with E-state index in [-0.39, 0.29) is 5.91 Å². The van der Waals surface area contributed by atoms with E-state index < -0.39 is 0 Å². The van der Waals surface area contributed by atoms with E-state index in [0.29, 0.717) is 36.0 Å². The Bertz CT molecular complexity index is 704. The molecule has 0 heterocycles. The van der Waals surface area contributed by atoms with Crippen LogP contribution in [-0.4, -0.2) is 34.3 Å². The molecule has 134 valence electrons. The number of hydrogen-bond donors (Lipinski definition) is 1. The van der Waals surface area contributed by atoms with E-state index in [1.807, 2.05) is 24.3 Å². The van der Waals surface area contributed by atoms with Crippen LogP contribution in [0.4, 0.5) is 0 Å². The summed E-state index contributed by atoms with van der Waals surface area (Å²) in [5, 5.41) is 2.91. The maximum atomic E-state index is 12.5. The molecule has 1 N–H and O–H groups in total.